The highest BCUT2D eigenvalue weighted by molar-refractivity contribution is 6.05. The van der Waals surface area contributed by atoms with Crippen molar-refractivity contribution in [1.29, 1.82) is 0 Å². The first-order valence-corrected chi connectivity index (χ1v) is 9.76. The molecule has 0 unspecified atom stereocenters. The Morgan fingerprint density at radius 2 is 1.89 bits per heavy atom. The van der Waals surface area contributed by atoms with Crippen LogP contribution >= 0.6 is 0 Å². The number of anilines is 2. The summed E-state index contributed by atoms with van der Waals surface area (Å²) in [5, 5.41) is 7.30. The van der Waals surface area contributed by atoms with E-state index in [1.165, 1.54) is 5.56 Å². The predicted molar refractivity (Wildman–Crippen MR) is 114 cm³/mol. The number of hydrogen-bond donors (Lipinski definition) is 3. The smallest absolute Gasteiger partial charge is 0.272 e. The summed E-state index contributed by atoms with van der Waals surface area (Å²) in [5.74, 6) is 0.782. The number of hydrogen-bond acceptors (Lipinski definition) is 4. The van der Waals surface area contributed by atoms with Gasteiger partial charge in [0.05, 0.1) is 11.9 Å². The zero-order chi connectivity index (χ0) is 19.7. The van der Waals surface area contributed by atoms with Crippen LogP contribution < -0.4 is 15.5 Å². The van der Waals surface area contributed by atoms with Gasteiger partial charge in [-0.1, -0.05) is 32.9 Å². The topological polar surface area (TPSA) is 73.1 Å². The highest BCUT2D eigenvalue weighted by Crippen LogP contribution is 2.26. The molecule has 1 fully saturated rings. The van der Waals surface area contributed by atoms with Gasteiger partial charge >= 0.3 is 0 Å². The summed E-state index contributed by atoms with van der Waals surface area (Å²) in [7, 11) is 0. The van der Waals surface area contributed by atoms with Gasteiger partial charge < -0.3 is 20.5 Å². The number of aromatic amines is 1. The molecule has 0 saturated carbocycles. The minimum Gasteiger partial charge on any atom is -0.354 e. The van der Waals surface area contributed by atoms with Crippen LogP contribution in [0.2, 0.25) is 0 Å². The Morgan fingerprint density at radius 3 is 2.57 bits per heavy atom. The van der Waals surface area contributed by atoms with E-state index in [2.05, 4.69) is 64.5 Å². The van der Waals surface area contributed by atoms with Gasteiger partial charge in [0.25, 0.3) is 5.91 Å². The summed E-state index contributed by atoms with van der Waals surface area (Å²) in [5.41, 5.74) is 3.52. The molecule has 1 amide bonds. The fraction of sp³-hybridized carbons (Fsp3) is 0.364. The van der Waals surface area contributed by atoms with Crippen LogP contribution in [0.15, 0.2) is 42.6 Å². The molecule has 1 aromatic carbocycles. The number of piperazine rings is 1. The monoisotopic (exact) mass is 377 g/mol. The van der Waals surface area contributed by atoms with Crippen molar-refractivity contribution in [2.45, 2.75) is 26.2 Å². The molecule has 6 heteroatoms. The average molecular weight is 377 g/mol. The highest BCUT2D eigenvalue weighted by Gasteiger charge is 2.16. The van der Waals surface area contributed by atoms with E-state index in [1.54, 1.807) is 6.20 Å². The second-order valence-corrected chi connectivity index (χ2v) is 8.33. The summed E-state index contributed by atoms with van der Waals surface area (Å²) in [4.78, 5) is 22.7. The quantitative estimate of drug-likeness (QED) is 0.653. The van der Waals surface area contributed by atoms with Crippen LogP contribution in [0, 0.1) is 0 Å². The number of benzene rings is 1. The molecular weight excluding hydrogens is 350 g/mol. The van der Waals surface area contributed by atoms with E-state index < -0.39 is 0 Å². The first-order chi connectivity index (χ1) is 13.4. The molecule has 146 valence electrons. The van der Waals surface area contributed by atoms with E-state index in [9.17, 15) is 4.79 Å². The molecule has 2 aromatic heterocycles. The maximum atomic E-state index is 12.7. The van der Waals surface area contributed by atoms with E-state index in [4.69, 9.17) is 0 Å². The summed E-state index contributed by atoms with van der Waals surface area (Å²) in [6, 6.07) is 12.1. The lowest BCUT2D eigenvalue weighted by Crippen LogP contribution is -2.43. The van der Waals surface area contributed by atoms with Crippen LogP contribution in [0.4, 0.5) is 11.5 Å². The molecule has 3 N–H and O–H groups in total. The summed E-state index contributed by atoms with van der Waals surface area (Å²) < 4.78 is 0. The number of carbonyl (C=O) groups is 1. The zero-order valence-electron chi connectivity index (χ0n) is 16.7. The van der Waals surface area contributed by atoms with E-state index in [1.807, 2.05) is 18.2 Å². The van der Waals surface area contributed by atoms with Gasteiger partial charge in [-0.15, -0.1) is 0 Å². The van der Waals surface area contributed by atoms with Gasteiger partial charge in [-0.2, -0.15) is 0 Å². The largest absolute Gasteiger partial charge is 0.354 e. The lowest BCUT2D eigenvalue weighted by molar-refractivity contribution is 0.102. The number of H-pyrrole nitrogens is 1. The molecule has 0 radical (unpaired) electrons. The Hall–Kier alpha value is -2.86. The lowest BCUT2D eigenvalue weighted by Gasteiger charge is -2.28. The fourth-order valence-corrected chi connectivity index (χ4v) is 3.46. The van der Waals surface area contributed by atoms with Crippen molar-refractivity contribution in [3.63, 3.8) is 0 Å². The van der Waals surface area contributed by atoms with E-state index in [-0.39, 0.29) is 11.3 Å². The number of amides is 1. The predicted octanol–water partition coefficient (Wildman–Crippen LogP) is 3.52. The Kier molecular flexibility index (Phi) is 4.81. The Labute approximate surface area is 165 Å². The van der Waals surface area contributed by atoms with Gasteiger partial charge in [0.1, 0.15) is 11.5 Å². The highest BCUT2D eigenvalue weighted by atomic mass is 16.1. The van der Waals surface area contributed by atoms with Crippen molar-refractivity contribution >= 4 is 28.3 Å². The van der Waals surface area contributed by atoms with Crippen LogP contribution in [-0.4, -0.2) is 42.1 Å². The number of rotatable bonds is 3. The van der Waals surface area contributed by atoms with Crippen LogP contribution in [0.1, 0.15) is 36.8 Å². The molecule has 3 heterocycles. The third-order valence-corrected chi connectivity index (χ3v) is 5.18. The molecule has 1 aliphatic rings. The molecule has 3 aromatic rings. The molecule has 0 atom stereocenters. The van der Waals surface area contributed by atoms with Gasteiger partial charge in [-0.3, -0.25) is 4.79 Å². The Morgan fingerprint density at radius 1 is 1.11 bits per heavy atom. The Balaban J connectivity index is 1.48. The molecule has 28 heavy (non-hydrogen) atoms. The van der Waals surface area contributed by atoms with Gasteiger partial charge in [-0.05, 0) is 35.2 Å². The second-order valence-electron chi connectivity index (χ2n) is 8.33. The maximum Gasteiger partial charge on any atom is 0.272 e. The van der Waals surface area contributed by atoms with Gasteiger partial charge in [0.15, 0.2) is 0 Å². The number of aromatic nitrogens is 2. The van der Waals surface area contributed by atoms with E-state index >= 15 is 0 Å². The minimum atomic E-state index is -0.162. The first kappa shape index (κ1) is 18.5. The van der Waals surface area contributed by atoms with Crippen molar-refractivity contribution < 1.29 is 4.79 Å². The second kappa shape index (κ2) is 7.28. The molecule has 0 spiro atoms. The number of nitrogens with one attached hydrogen (secondary N) is 3. The normalized spacial score (nSPS) is 15.0. The van der Waals surface area contributed by atoms with Crippen molar-refractivity contribution in [2.24, 2.45) is 0 Å². The van der Waals surface area contributed by atoms with Crippen molar-refractivity contribution in [2.75, 3.05) is 36.4 Å². The van der Waals surface area contributed by atoms with Crippen LogP contribution in [0.3, 0.4) is 0 Å². The van der Waals surface area contributed by atoms with Gasteiger partial charge in [0.2, 0.25) is 0 Å². The van der Waals surface area contributed by atoms with E-state index in [0.717, 1.165) is 42.9 Å². The molecule has 6 nitrogen and oxygen atoms in total. The SMILES string of the molecule is CC(C)(C)c1ccc2cc(C(=O)Nc3ccc(N4CCNCC4)nc3)[nH]c2c1. The molecule has 0 aliphatic carbocycles. The minimum absolute atomic E-state index is 0.0690. The van der Waals surface area contributed by atoms with Crippen molar-refractivity contribution in [3.05, 3.63) is 53.9 Å². The van der Waals surface area contributed by atoms with Gasteiger partial charge in [0, 0.05) is 37.1 Å². The number of carbonyl (C=O) groups excluding carboxylic acids is 1. The standard InChI is InChI=1S/C22H27N5O/c1-22(2,3)16-5-4-15-12-19(26-18(15)13-16)21(28)25-17-6-7-20(24-14-17)27-10-8-23-9-11-27/h4-7,12-14,23,26H,8-11H2,1-3H3,(H,25,28). The number of pyridine rings is 1. The summed E-state index contributed by atoms with van der Waals surface area (Å²) in [6.07, 6.45) is 1.72. The molecule has 4 rings (SSSR count). The third kappa shape index (κ3) is 3.87. The van der Waals surface area contributed by atoms with Gasteiger partial charge in [-0.25, -0.2) is 4.98 Å². The third-order valence-electron chi connectivity index (χ3n) is 5.18. The maximum absolute atomic E-state index is 12.7. The molecule has 1 saturated heterocycles. The summed E-state index contributed by atoms with van der Waals surface area (Å²) in [6.45, 7) is 10.4. The molecular formula is C22H27N5O. The average Bonchev–Trinajstić information content (AvgIpc) is 3.12. The number of nitrogens with zero attached hydrogens (tertiary/aromatic N) is 2. The first-order valence-electron chi connectivity index (χ1n) is 9.76. The van der Waals surface area contributed by atoms with Crippen LogP contribution in [-0.2, 0) is 5.41 Å². The van der Waals surface area contributed by atoms with Crippen LogP contribution in [0.25, 0.3) is 10.9 Å². The molecule has 0 bridgehead atoms. The van der Waals surface area contributed by atoms with Crippen molar-refractivity contribution in [3.8, 4) is 0 Å². The van der Waals surface area contributed by atoms with Crippen molar-refractivity contribution in [1.82, 2.24) is 15.3 Å². The Bertz CT molecular complexity index is 978. The lowest BCUT2D eigenvalue weighted by atomic mass is 9.87. The number of fused-ring (bicyclic) bond motifs is 1. The molecule has 1 aliphatic heterocycles. The summed E-state index contributed by atoms with van der Waals surface area (Å²) >= 11 is 0. The fourth-order valence-electron chi connectivity index (χ4n) is 3.46. The zero-order valence-corrected chi connectivity index (χ0v) is 16.7. The van der Waals surface area contributed by atoms with E-state index in [0.29, 0.717) is 11.4 Å². The van der Waals surface area contributed by atoms with Crippen LogP contribution in [0.5, 0.6) is 0 Å².